The third-order valence-electron chi connectivity index (χ3n) is 5.22. The maximum Gasteiger partial charge on any atom is 0.222 e. The van der Waals surface area contributed by atoms with E-state index in [1.165, 1.54) is 5.56 Å². The normalized spacial score (nSPS) is 23.2. The Morgan fingerprint density at radius 2 is 1.96 bits per heavy atom. The van der Waals surface area contributed by atoms with Crippen molar-refractivity contribution in [3.63, 3.8) is 0 Å². The lowest BCUT2D eigenvalue weighted by molar-refractivity contribution is -0.131. The van der Waals surface area contributed by atoms with Crippen LogP contribution in [0.2, 0.25) is 0 Å². The molecule has 3 rings (SSSR count). The molecule has 24 heavy (non-hydrogen) atoms. The minimum absolute atomic E-state index is 0. The van der Waals surface area contributed by atoms with Gasteiger partial charge in [-0.2, -0.15) is 0 Å². The van der Waals surface area contributed by atoms with E-state index < -0.39 is 0 Å². The standard InChI is InChI=1S/C18H25BrN2O2.ClH/c1-23-17-4-2-13(10-16(17)19)3-5-18(22)21-8-6-14-11-20-12-15(14)7-9-21;/h2,4,10,14-15,20H,3,5-9,11-12H2,1H3;1H/t14-,15+;. The third kappa shape index (κ3) is 4.64. The van der Waals surface area contributed by atoms with Crippen molar-refractivity contribution in [1.82, 2.24) is 10.2 Å². The quantitative estimate of drug-likeness (QED) is 0.817. The van der Waals surface area contributed by atoms with Crippen molar-refractivity contribution in [3.8, 4) is 5.75 Å². The number of hydrogen-bond donors (Lipinski definition) is 1. The molecule has 1 amide bonds. The first kappa shape index (κ1) is 19.5. The second kappa shape index (κ2) is 9.07. The van der Waals surface area contributed by atoms with E-state index in [9.17, 15) is 4.79 Å². The van der Waals surface area contributed by atoms with Crippen molar-refractivity contribution >= 4 is 34.2 Å². The van der Waals surface area contributed by atoms with Gasteiger partial charge in [0.05, 0.1) is 11.6 Å². The molecule has 2 atom stereocenters. The van der Waals surface area contributed by atoms with E-state index in [1.807, 2.05) is 18.2 Å². The van der Waals surface area contributed by atoms with E-state index in [0.717, 1.165) is 67.5 Å². The predicted octanol–water partition coefficient (Wildman–Crippen LogP) is 3.27. The van der Waals surface area contributed by atoms with E-state index in [-0.39, 0.29) is 12.4 Å². The highest BCUT2D eigenvalue weighted by atomic mass is 79.9. The van der Waals surface area contributed by atoms with Crippen molar-refractivity contribution < 1.29 is 9.53 Å². The lowest BCUT2D eigenvalue weighted by atomic mass is 9.92. The topological polar surface area (TPSA) is 41.6 Å². The Morgan fingerprint density at radius 3 is 2.54 bits per heavy atom. The Hall–Kier alpha value is -0.780. The number of nitrogens with zero attached hydrogens (tertiary/aromatic N) is 1. The summed E-state index contributed by atoms with van der Waals surface area (Å²) in [5.41, 5.74) is 1.17. The van der Waals surface area contributed by atoms with Gasteiger partial charge in [0, 0.05) is 19.5 Å². The molecule has 6 heteroatoms. The predicted molar refractivity (Wildman–Crippen MR) is 102 cm³/mol. The SMILES string of the molecule is COc1ccc(CCC(=O)N2CC[C@@H]3CNC[C@@H]3CC2)cc1Br.Cl. The zero-order valence-corrected chi connectivity index (χ0v) is 16.5. The van der Waals surface area contributed by atoms with Gasteiger partial charge >= 0.3 is 0 Å². The first-order chi connectivity index (χ1) is 11.2. The number of nitrogens with one attached hydrogen (secondary N) is 1. The Kier molecular flexibility index (Phi) is 7.38. The van der Waals surface area contributed by atoms with Gasteiger partial charge in [-0.25, -0.2) is 0 Å². The Labute approximate surface area is 158 Å². The maximum atomic E-state index is 12.5. The number of carbonyl (C=O) groups excluding carboxylic acids is 1. The summed E-state index contributed by atoms with van der Waals surface area (Å²) in [7, 11) is 1.66. The van der Waals surface area contributed by atoms with Gasteiger partial charge in [0.1, 0.15) is 5.75 Å². The van der Waals surface area contributed by atoms with E-state index in [4.69, 9.17) is 4.74 Å². The number of ether oxygens (including phenoxy) is 1. The molecule has 0 aliphatic carbocycles. The van der Waals surface area contributed by atoms with Crippen molar-refractivity contribution in [3.05, 3.63) is 28.2 Å². The van der Waals surface area contributed by atoms with Crippen LogP contribution in [0.1, 0.15) is 24.8 Å². The number of fused-ring (bicyclic) bond motifs is 1. The van der Waals surface area contributed by atoms with Gasteiger partial charge in [0.2, 0.25) is 5.91 Å². The molecule has 1 aromatic carbocycles. The van der Waals surface area contributed by atoms with Gasteiger partial charge in [-0.1, -0.05) is 6.07 Å². The average Bonchev–Trinajstić information content (AvgIpc) is 2.91. The number of benzene rings is 1. The van der Waals surface area contributed by atoms with Crippen LogP contribution in [-0.4, -0.2) is 44.1 Å². The number of carbonyl (C=O) groups is 1. The summed E-state index contributed by atoms with van der Waals surface area (Å²) in [6, 6.07) is 6.03. The summed E-state index contributed by atoms with van der Waals surface area (Å²) >= 11 is 3.50. The van der Waals surface area contributed by atoms with Gasteiger partial charge in [-0.05, 0) is 77.8 Å². The Bertz CT molecular complexity index is 556. The number of aryl methyl sites for hydroxylation is 1. The van der Waals surface area contributed by atoms with Crippen LogP contribution >= 0.6 is 28.3 Å². The molecule has 4 nitrogen and oxygen atoms in total. The number of likely N-dealkylation sites (tertiary alicyclic amines) is 1. The molecule has 0 bridgehead atoms. The van der Waals surface area contributed by atoms with Crippen LogP contribution in [-0.2, 0) is 11.2 Å². The molecule has 0 aromatic heterocycles. The Morgan fingerprint density at radius 1 is 1.29 bits per heavy atom. The van der Waals surface area contributed by atoms with Gasteiger partial charge in [-0.3, -0.25) is 4.79 Å². The zero-order valence-electron chi connectivity index (χ0n) is 14.1. The summed E-state index contributed by atoms with van der Waals surface area (Å²) in [6.45, 7) is 4.11. The highest BCUT2D eigenvalue weighted by Gasteiger charge is 2.31. The minimum atomic E-state index is 0. The minimum Gasteiger partial charge on any atom is -0.496 e. The molecular weight excluding hydrogens is 392 g/mol. The molecule has 2 aliphatic rings. The summed E-state index contributed by atoms with van der Waals surface area (Å²) in [5.74, 6) is 2.66. The molecule has 134 valence electrons. The summed E-state index contributed by atoms with van der Waals surface area (Å²) in [5, 5.41) is 3.48. The number of hydrogen-bond acceptors (Lipinski definition) is 3. The van der Waals surface area contributed by atoms with Gasteiger partial charge in [0.15, 0.2) is 0 Å². The Balaban J connectivity index is 0.00000208. The molecule has 2 aliphatic heterocycles. The fourth-order valence-corrected chi connectivity index (χ4v) is 4.33. The highest BCUT2D eigenvalue weighted by Crippen LogP contribution is 2.28. The van der Waals surface area contributed by atoms with Crippen LogP contribution in [0.15, 0.2) is 22.7 Å². The molecule has 0 radical (unpaired) electrons. The molecule has 1 aromatic rings. The van der Waals surface area contributed by atoms with Crippen LogP contribution in [0.3, 0.4) is 0 Å². The fourth-order valence-electron chi connectivity index (χ4n) is 3.74. The van der Waals surface area contributed by atoms with Crippen molar-refractivity contribution in [2.45, 2.75) is 25.7 Å². The van der Waals surface area contributed by atoms with Crippen LogP contribution < -0.4 is 10.1 Å². The molecular formula is C18H26BrClN2O2. The summed E-state index contributed by atoms with van der Waals surface area (Å²) in [6.07, 6.45) is 3.67. The first-order valence-corrected chi connectivity index (χ1v) is 9.27. The van der Waals surface area contributed by atoms with Crippen molar-refractivity contribution in [2.24, 2.45) is 11.8 Å². The lowest BCUT2D eigenvalue weighted by Gasteiger charge is -2.21. The van der Waals surface area contributed by atoms with Crippen molar-refractivity contribution in [2.75, 3.05) is 33.3 Å². The molecule has 0 unspecified atom stereocenters. The number of rotatable bonds is 4. The number of amides is 1. The first-order valence-electron chi connectivity index (χ1n) is 8.48. The summed E-state index contributed by atoms with van der Waals surface area (Å²) < 4.78 is 6.19. The molecule has 0 spiro atoms. The summed E-state index contributed by atoms with van der Waals surface area (Å²) in [4.78, 5) is 14.6. The van der Waals surface area contributed by atoms with Crippen LogP contribution in [0.4, 0.5) is 0 Å². The molecule has 2 saturated heterocycles. The molecule has 0 saturated carbocycles. The second-order valence-electron chi connectivity index (χ2n) is 6.61. The maximum absolute atomic E-state index is 12.5. The fraction of sp³-hybridized carbons (Fsp3) is 0.611. The monoisotopic (exact) mass is 416 g/mol. The van der Waals surface area contributed by atoms with Gasteiger partial charge in [-0.15, -0.1) is 12.4 Å². The van der Waals surface area contributed by atoms with Crippen LogP contribution in [0, 0.1) is 11.8 Å². The second-order valence-corrected chi connectivity index (χ2v) is 7.46. The largest absolute Gasteiger partial charge is 0.496 e. The van der Waals surface area contributed by atoms with E-state index >= 15 is 0 Å². The number of halogens is 2. The third-order valence-corrected chi connectivity index (χ3v) is 5.84. The molecule has 2 heterocycles. The highest BCUT2D eigenvalue weighted by molar-refractivity contribution is 9.10. The molecule has 1 N–H and O–H groups in total. The smallest absolute Gasteiger partial charge is 0.222 e. The van der Waals surface area contributed by atoms with E-state index in [0.29, 0.717) is 12.3 Å². The van der Waals surface area contributed by atoms with E-state index in [1.54, 1.807) is 7.11 Å². The lowest BCUT2D eigenvalue weighted by Crippen LogP contribution is -2.32. The van der Waals surface area contributed by atoms with Crippen LogP contribution in [0.25, 0.3) is 0 Å². The molecule has 2 fully saturated rings. The van der Waals surface area contributed by atoms with Crippen LogP contribution in [0.5, 0.6) is 5.75 Å². The van der Waals surface area contributed by atoms with Gasteiger partial charge in [0.25, 0.3) is 0 Å². The van der Waals surface area contributed by atoms with Crippen molar-refractivity contribution in [1.29, 1.82) is 0 Å². The average molecular weight is 418 g/mol. The van der Waals surface area contributed by atoms with E-state index in [2.05, 4.69) is 26.1 Å². The van der Waals surface area contributed by atoms with Gasteiger partial charge < -0.3 is 15.0 Å². The number of methoxy groups -OCH3 is 1. The zero-order chi connectivity index (χ0) is 16.2.